The topological polar surface area (TPSA) is 102 Å². The maximum Gasteiger partial charge on any atom is 0.237 e. The first-order chi connectivity index (χ1) is 13.4. The molecule has 2 saturated heterocycles. The maximum atomic E-state index is 13.0. The number of likely N-dealkylation sites (N-methyl/N-ethyl adjacent to an activating group) is 1. The Balaban J connectivity index is 2.20. The first-order valence-electron chi connectivity index (χ1n) is 10.4. The summed E-state index contributed by atoms with van der Waals surface area (Å²) in [6, 6.07) is -1.74. The Hall–Kier alpha value is -0.0900. The number of aliphatic hydroxyl groups excluding tert-OH is 3. The number of carbonyl (C=O) groups excluding carboxylic acids is 1. The minimum Gasteiger partial charge on any atom is -0.388 e. The molecule has 0 bridgehead atoms. The number of halogens is 1. The molecule has 4 N–H and O–H groups in total. The molecular formula is C17H31ClN2O5S. The smallest absolute Gasteiger partial charge is 0.237 e. The largest absolute Gasteiger partial charge is 0.388 e. The van der Waals surface area contributed by atoms with E-state index in [2.05, 4.69) is 5.32 Å². The SMILES string of the molecule is [2H]C([2H])([2H])N1C[C@H](CC)CC1C(=O)N[C@@H]([C@H]1O[C@H](SC)C(O)C(O)[C@H]1O)[C@H](C)Cl. The fraction of sp³-hybridized carbons (Fsp3) is 0.941. The molecule has 9 atom stereocenters. The summed E-state index contributed by atoms with van der Waals surface area (Å²) in [7, 11) is 0. The highest BCUT2D eigenvalue weighted by Gasteiger charge is 2.48. The summed E-state index contributed by atoms with van der Waals surface area (Å²) in [4.78, 5) is 14.2. The molecule has 2 fully saturated rings. The molecule has 0 aromatic rings. The highest BCUT2D eigenvalue weighted by molar-refractivity contribution is 7.99. The van der Waals surface area contributed by atoms with Crippen molar-refractivity contribution in [3.63, 3.8) is 0 Å². The number of thioether (sulfide) groups is 1. The van der Waals surface area contributed by atoms with Crippen molar-refractivity contribution in [2.45, 2.75) is 74.0 Å². The molecule has 2 aliphatic heterocycles. The van der Waals surface area contributed by atoms with Crippen LogP contribution in [0.15, 0.2) is 0 Å². The fourth-order valence-corrected chi connectivity index (χ4v) is 4.44. The molecular weight excluding hydrogens is 380 g/mol. The average molecular weight is 414 g/mol. The van der Waals surface area contributed by atoms with E-state index in [1.807, 2.05) is 6.92 Å². The van der Waals surface area contributed by atoms with Crippen molar-refractivity contribution in [2.75, 3.05) is 19.8 Å². The van der Waals surface area contributed by atoms with Gasteiger partial charge in [0.1, 0.15) is 29.9 Å². The maximum absolute atomic E-state index is 13.0. The highest BCUT2D eigenvalue weighted by atomic mass is 35.5. The van der Waals surface area contributed by atoms with E-state index in [-0.39, 0.29) is 5.92 Å². The second-order valence-corrected chi connectivity index (χ2v) is 8.69. The lowest BCUT2D eigenvalue weighted by Crippen LogP contribution is -2.65. The van der Waals surface area contributed by atoms with Crippen LogP contribution in [0.4, 0.5) is 0 Å². The lowest BCUT2D eigenvalue weighted by atomic mass is 9.92. The Morgan fingerprint density at radius 1 is 1.42 bits per heavy atom. The molecule has 0 saturated carbocycles. The Bertz CT molecular complexity index is 572. The van der Waals surface area contributed by atoms with Gasteiger partial charge in [-0.1, -0.05) is 13.3 Å². The first kappa shape index (κ1) is 18.0. The summed E-state index contributed by atoms with van der Waals surface area (Å²) in [6.45, 7) is 1.46. The van der Waals surface area contributed by atoms with Crippen LogP contribution in [-0.4, -0.2) is 93.2 Å². The fourth-order valence-electron chi connectivity index (χ4n) is 3.55. The van der Waals surface area contributed by atoms with Gasteiger partial charge in [0.15, 0.2) is 0 Å². The molecule has 0 radical (unpaired) electrons. The number of carbonyl (C=O) groups is 1. The summed E-state index contributed by atoms with van der Waals surface area (Å²) >= 11 is 7.43. The van der Waals surface area contributed by atoms with Crippen molar-refractivity contribution >= 4 is 29.3 Å². The lowest BCUT2D eigenvalue weighted by Gasteiger charge is -2.44. The number of rotatable bonds is 6. The molecule has 0 spiro atoms. The molecule has 0 aromatic heterocycles. The minimum absolute atomic E-state index is 0.0902. The lowest BCUT2D eigenvalue weighted by molar-refractivity contribution is -0.205. The van der Waals surface area contributed by atoms with E-state index in [0.717, 1.165) is 18.2 Å². The first-order valence-corrected chi connectivity index (χ1v) is 10.6. The number of hydrogen-bond donors (Lipinski definition) is 4. The van der Waals surface area contributed by atoms with Crippen molar-refractivity contribution in [3.05, 3.63) is 0 Å². The molecule has 26 heavy (non-hydrogen) atoms. The van der Waals surface area contributed by atoms with E-state index in [1.54, 1.807) is 13.2 Å². The molecule has 2 aliphatic rings. The van der Waals surface area contributed by atoms with E-state index >= 15 is 0 Å². The van der Waals surface area contributed by atoms with Crippen LogP contribution in [0.3, 0.4) is 0 Å². The number of hydrogen-bond acceptors (Lipinski definition) is 7. The molecule has 1 amide bonds. The Morgan fingerprint density at radius 2 is 2.12 bits per heavy atom. The van der Waals surface area contributed by atoms with Gasteiger partial charge in [0.2, 0.25) is 5.91 Å². The normalized spacial score (nSPS) is 43.2. The van der Waals surface area contributed by atoms with Crippen LogP contribution in [0.25, 0.3) is 0 Å². The quantitative estimate of drug-likeness (QED) is 0.454. The zero-order chi connectivity index (χ0) is 22.1. The summed E-state index contributed by atoms with van der Waals surface area (Å²) in [6.07, 6.45) is -2.43. The van der Waals surface area contributed by atoms with Crippen LogP contribution in [0.1, 0.15) is 30.8 Å². The predicted octanol–water partition coefficient (Wildman–Crippen LogP) is -0.000600. The van der Waals surface area contributed by atoms with Crippen LogP contribution >= 0.6 is 23.4 Å². The van der Waals surface area contributed by atoms with Gasteiger partial charge in [0, 0.05) is 10.7 Å². The Morgan fingerprint density at radius 3 is 2.65 bits per heavy atom. The summed E-state index contributed by atoms with van der Waals surface area (Å²) in [5.74, 6) is -0.417. The number of nitrogens with zero attached hydrogens (tertiary/aromatic N) is 1. The molecule has 2 heterocycles. The van der Waals surface area contributed by atoms with Gasteiger partial charge in [-0.15, -0.1) is 23.4 Å². The molecule has 0 aromatic carbocycles. The van der Waals surface area contributed by atoms with Crippen molar-refractivity contribution in [1.29, 1.82) is 0 Å². The van der Waals surface area contributed by atoms with E-state index < -0.39 is 60.2 Å². The van der Waals surface area contributed by atoms with Crippen LogP contribution in [-0.2, 0) is 9.53 Å². The monoisotopic (exact) mass is 413 g/mol. The van der Waals surface area contributed by atoms with Crippen molar-refractivity contribution < 1.29 is 29.0 Å². The molecule has 3 unspecified atom stereocenters. The second kappa shape index (κ2) is 9.41. The zero-order valence-electron chi connectivity index (χ0n) is 18.2. The van der Waals surface area contributed by atoms with E-state index in [4.69, 9.17) is 20.5 Å². The van der Waals surface area contributed by atoms with Crippen LogP contribution in [0.2, 0.25) is 0 Å². The molecule has 152 valence electrons. The highest BCUT2D eigenvalue weighted by Crippen LogP contribution is 2.31. The van der Waals surface area contributed by atoms with Gasteiger partial charge in [0.25, 0.3) is 0 Å². The molecule has 2 rings (SSSR count). The Kier molecular flexibility index (Phi) is 6.50. The standard InChI is InChI=1S/C17H31ClN2O5S/c1-5-9-6-10(20(3)7-9)16(24)19-11(8(2)18)15-13(22)12(21)14(23)17(25-15)26-4/h8-15,17,21-23H,5-7H2,1-4H3,(H,19,24)/t8-,9+,10?,11+,12?,13+,14?,15+,17+/m0/s1/i3D3. The van der Waals surface area contributed by atoms with Crippen LogP contribution in [0, 0.1) is 5.92 Å². The number of likely N-dealkylation sites (tertiary alicyclic amines) is 1. The summed E-state index contributed by atoms with van der Waals surface area (Å²) < 4.78 is 28.9. The number of alkyl halides is 1. The molecule has 7 nitrogen and oxygen atoms in total. The second-order valence-electron chi connectivity index (χ2n) is 7.07. The van der Waals surface area contributed by atoms with E-state index in [9.17, 15) is 20.1 Å². The number of amides is 1. The van der Waals surface area contributed by atoms with Gasteiger partial charge in [-0.3, -0.25) is 9.69 Å². The zero-order valence-corrected chi connectivity index (χ0v) is 16.8. The van der Waals surface area contributed by atoms with Crippen molar-refractivity contribution in [2.24, 2.45) is 5.92 Å². The summed E-state index contributed by atoms with van der Waals surface area (Å²) in [5.41, 5.74) is -0.803. The van der Waals surface area contributed by atoms with Crippen LogP contribution < -0.4 is 5.32 Å². The van der Waals surface area contributed by atoms with Crippen molar-refractivity contribution in [1.82, 2.24) is 10.2 Å². The third-order valence-electron chi connectivity index (χ3n) is 5.26. The van der Waals surface area contributed by atoms with Gasteiger partial charge in [0.05, 0.1) is 17.5 Å². The van der Waals surface area contributed by atoms with E-state index in [0.29, 0.717) is 13.0 Å². The van der Waals surface area contributed by atoms with Crippen LogP contribution in [0.5, 0.6) is 0 Å². The number of nitrogens with one attached hydrogen (secondary N) is 1. The minimum atomic E-state index is -2.40. The average Bonchev–Trinajstić information content (AvgIpc) is 3.10. The van der Waals surface area contributed by atoms with Gasteiger partial charge >= 0.3 is 0 Å². The Labute approximate surface area is 168 Å². The number of ether oxygens (including phenoxy) is 1. The third kappa shape index (κ3) is 4.66. The molecule has 9 heteroatoms. The van der Waals surface area contributed by atoms with Gasteiger partial charge < -0.3 is 25.4 Å². The van der Waals surface area contributed by atoms with Gasteiger partial charge in [-0.25, -0.2) is 0 Å². The third-order valence-corrected chi connectivity index (χ3v) is 6.39. The van der Waals surface area contributed by atoms with Crippen molar-refractivity contribution in [3.8, 4) is 0 Å². The summed E-state index contributed by atoms with van der Waals surface area (Å²) in [5, 5.41) is 32.7. The number of aliphatic hydroxyl groups is 3. The predicted molar refractivity (Wildman–Crippen MR) is 102 cm³/mol. The van der Waals surface area contributed by atoms with Gasteiger partial charge in [-0.2, -0.15) is 0 Å². The van der Waals surface area contributed by atoms with E-state index in [1.165, 1.54) is 4.90 Å². The van der Waals surface area contributed by atoms with Gasteiger partial charge in [-0.05, 0) is 32.5 Å². The molecule has 0 aliphatic carbocycles.